The topological polar surface area (TPSA) is 156 Å². The van der Waals surface area contributed by atoms with Gasteiger partial charge in [0.2, 0.25) is 0 Å². The second kappa shape index (κ2) is 9.84. The van der Waals surface area contributed by atoms with E-state index in [2.05, 4.69) is 4.98 Å². The summed E-state index contributed by atoms with van der Waals surface area (Å²) >= 11 is 0. The molecule has 30 heavy (non-hydrogen) atoms. The van der Waals surface area contributed by atoms with Gasteiger partial charge in [-0.15, -0.1) is 0 Å². The second-order valence-corrected chi connectivity index (χ2v) is 6.29. The summed E-state index contributed by atoms with van der Waals surface area (Å²) in [5.74, 6) is -2.77. The van der Waals surface area contributed by atoms with E-state index in [9.17, 15) is 19.2 Å². The van der Waals surface area contributed by atoms with Crippen LogP contribution in [0.1, 0.15) is 43.2 Å². The fourth-order valence-corrected chi connectivity index (χ4v) is 3.03. The van der Waals surface area contributed by atoms with E-state index >= 15 is 0 Å². The molecule has 0 bridgehead atoms. The number of hydrogen-bond acceptors (Lipinski definition) is 11. The number of nitriles is 1. The molecule has 2 heterocycles. The molecule has 1 aromatic rings. The normalized spacial score (nSPS) is 22.6. The molecule has 1 fully saturated rings. The third kappa shape index (κ3) is 5.12. The Morgan fingerprint density at radius 1 is 1.13 bits per heavy atom. The van der Waals surface area contributed by atoms with E-state index in [1.54, 1.807) is 0 Å². The molecule has 0 radical (unpaired) electrons. The number of nitrogens with zero attached hydrogens (tertiary/aromatic N) is 3. The van der Waals surface area contributed by atoms with E-state index in [4.69, 9.17) is 28.9 Å². The maximum Gasteiger partial charge on any atom is 0.356 e. The van der Waals surface area contributed by atoms with Crippen molar-refractivity contribution < 1.29 is 42.9 Å². The highest BCUT2D eigenvalue weighted by Gasteiger charge is 2.51. The van der Waals surface area contributed by atoms with E-state index < -0.39 is 48.4 Å². The fraction of sp³-hybridized carbons (Fsp3) is 0.556. The van der Waals surface area contributed by atoms with Crippen molar-refractivity contribution in [1.82, 2.24) is 9.55 Å². The van der Waals surface area contributed by atoms with Gasteiger partial charge in [-0.2, -0.15) is 5.26 Å². The largest absolute Gasteiger partial charge is 0.464 e. The van der Waals surface area contributed by atoms with E-state index in [-0.39, 0.29) is 24.4 Å². The van der Waals surface area contributed by atoms with Crippen molar-refractivity contribution in [2.45, 2.75) is 51.7 Å². The number of rotatable bonds is 7. The van der Waals surface area contributed by atoms with E-state index in [1.807, 2.05) is 6.07 Å². The summed E-state index contributed by atoms with van der Waals surface area (Å²) in [6.45, 7) is 3.20. The molecule has 4 atom stereocenters. The van der Waals surface area contributed by atoms with Crippen molar-refractivity contribution in [2.75, 3.05) is 13.7 Å². The van der Waals surface area contributed by atoms with Crippen LogP contribution >= 0.6 is 0 Å². The van der Waals surface area contributed by atoms with Crippen molar-refractivity contribution >= 4 is 23.9 Å². The highest BCUT2D eigenvalue weighted by Crippen LogP contribution is 2.36. The Morgan fingerprint density at radius 3 is 2.30 bits per heavy atom. The highest BCUT2D eigenvalue weighted by molar-refractivity contribution is 5.89. The van der Waals surface area contributed by atoms with Crippen LogP contribution in [0.3, 0.4) is 0 Å². The third-order valence-electron chi connectivity index (χ3n) is 4.11. The van der Waals surface area contributed by atoms with Gasteiger partial charge in [0.25, 0.3) is 0 Å². The van der Waals surface area contributed by atoms with Gasteiger partial charge in [-0.05, 0) is 0 Å². The van der Waals surface area contributed by atoms with Crippen LogP contribution in [0, 0.1) is 11.3 Å². The van der Waals surface area contributed by atoms with Crippen molar-refractivity contribution in [3.8, 4) is 6.07 Å². The first-order valence-corrected chi connectivity index (χ1v) is 8.83. The summed E-state index contributed by atoms with van der Waals surface area (Å²) < 4.78 is 27.4. The molecule has 0 spiro atoms. The standard InChI is InChI=1S/C18H21N3O9/c1-9(22)27-7-13-15(28-10(2)23)16(29-11(3)24)17(30-13)21-8-20-12(5-6-19)14(21)18(25)26-4/h8,13,15-17H,5,7H2,1-4H3/t13-,15-,16-,17+/m1/s1. The predicted molar refractivity (Wildman–Crippen MR) is 94.5 cm³/mol. The first-order chi connectivity index (χ1) is 14.2. The molecule has 0 aliphatic carbocycles. The average molecular weight is 423 g/mol. The molecule has 12 nitrogen and oxygen atoms in total. The Morgan fingerprint density at radius 2 is 1.77 bits per heavy atom. The summed E-state index contributed by atoms with van der Waals surface area (Å²) in [6.07, 6.45) is -3.47. The molecule has 0 aromatic carbocycles. The zero-order valence-corrected chi connectivity index (χ0v) is 16.8. The van der Waals surface area contributed by atoms with Crippen LogP contribution in [-0.4, -0.2) is 65.5 Å². The van der Waals surface area contributed by atoms with Gasteiger partial charge in [-0.25, -0.2) is 9.78 Å². The minimum atomic E-state index is -1.19. The van der Waals surface area contributed by atoms with Crippen molar-refractivity contribution in [1.29, 1.82) is 5.26 Å². The molecule has 1 aliphatic rings. The summed E-state index contributed by atoms with van der Waals surface area (Å²) in [5.41, 5.74) is 0.0397. The third-order valence-corrected chi connectivity index (χ3v) is 4.11. The maximum atomic E-state index is 12.3. The molecule has 0 N–H and O–H groups in total. The molecule has 0 unspecified atom stereocenters. The van der Waals surface area contributed by atoms with E-state index in [0.29, 0.717) is 0 Å². The Bertz CT molecular complexity index is 873. The number of hydrogen-bond donors (Lipinski definition) is 0. The molecule has 1 aromatic heterocycles. The Hall–Kier alpha value is -3.46. The lowest BCUT2D eigenvalue weighted by molar-refractivity contribution is -0.166. The van der Waals surface area contributed by atoms with Gasteiger partial charge < -0.3 is 23.7 Å². The van der Waals surface area contributed by atoms with Gasteiger partial charge in [0, 0.05) is 20.8 Å². The lowest BCUT2D eigenvalue weighted by Crippen LogP contribution is -2.40. The molecule has 1 aliphatic heterocycles. The van der Waals surface area contributed by atoms with Gasteiger partial charge in [-0.3, -0.25) is 19.0 Å². The lowest BCUT2D eigenvalue weighted by atomic mass is 10.1. The number of esters is 4. The Balaban J connectivity index is 2.51. The minimum Gasteiger partial charge on any atom is -0.464 e. The molecule has 12 heteroatoms. The molecule has 0 saturated carbocycles. The van der Waals surface area contributed by atoms with Crippen LogP contribution in [0.2, 0.25) is 0 Å². The lowest BCUT2D eigenvalue weighted by Gasteiger charge is -2.24. The summed E-state index contributed by atoms with van der Waals surface area (Å²) in [7, 11) is 1.15. The zero-order valence-electron chi connectivity index (χ0n) is 16.8. The molecule has 1 saturated heterocycles. The van der Waals surface area contributed by atoms with Crippen LogP contribution in [0.25, 0.3) is 0 Å². The van der Waals surface area contributed by atoms with Crippen LogP contribution in [0.4, 0.5) is 0 Å². The maximum absolute atomic E-state index is 12.3. The van der Waals surface area contributed by atoms with Gasteiger partial charge in [0.05, 0.1) is 31.6 Å². The monoisotopic (exact) mass is 423 g/mol. The predicted octanol–water partition coefficient (Wildman–Crippen LogP) is 0.0597. The molecular weight excluding hydrogens is 402 g/mol. The molecule has 0 amide bonds. The first-order valence-electron chi connectivity index (χ1n) is 8.83. The van der Waals surface area contributed by atoms with Crippen molar-refractivity contribution in [3.05, 3.63) is 17.7 Å². The smallest absolute Gasteiger partial charge is 0.356 e. The number of methoxy groups -OCH3 is 1. The Kier molecular flexibility index (Phi) is 7.48. The average Bonchev–Trinajstić information content (AvgIpc) is 3.21. The van der Waals surface area contributed by atoms with Crippen LogP contribution in [0.15, 0.2) is 6.33 Å². The number of carbonyl (C=O) groups is 4. The van der Waals surface area contributed by atoms with Gasteiger partial charge in [0.15, 0.2) is 24.1 Å². The van der Waals surface area contributed by atoms with Crippen molar-refractivity contribution in [2.24, 2.45) is 0 Å². The van der Waals surface area contributed by atoms with E-state index in [1.165, 1.54) is 17.8 Å². The van der Waals surface area contributed by atoms with Crippen LogP contribution in [-0.2, 0) is 44.5 Å². The van der Waals surface area contributed by atoms with Gasteiger partial charge in [0.1, 0.15) is 12.7 Å². The number of imidazole rings is 1. The zero-order chi connectivity index (χ0) is 22.4. The molecular formula is C18H21N3O9. The summed E-state index contributed by atoms with van der Waals surface area (Å²) in [4.78, 5) is 50.9. The molecule has 2 rings (SSSR count). The van der Waals surface area contributed by atoms with Crippen molar-refractivity contribution in [3.63, 3.8) is 0 Å². The highest BCUT2D eigenvalue weighted by atomic mass is 16.7. The summed E-state index contributed by atoms with van der Waals surface area (Å²) in [5, 5.41) is 8.99. The van der Waals surface area contributed by atoms with Gasteiger partial charge >= 0.3 is 23.9 Å². The number of aromatic nitrogens is 2. The van der Waals surface area contributed by atoms with Crippen LogP contribution in [0.5, 0.6) is 0 Å². The fourth-order valence-electron chi connectivity index (χ4n) is 3.03. The Labute approximate surface area is 171 Å². The van der Waals surface area contributed by atoms with Crippen LogP contribution < -0.4 is 0 Å². The quantitative estimate of drug-likeness (QED) is 0.431. The SMILES string of the molecule is COC(=O)c1c(CC#N)ncn1[C@H]1O[C@H](COC(C)=O)[C@@H](OC(C)=O)[C@H]1OC(C)=O. The molecule has 162 valence electrons. The van der Waals surface area contributed by atoms with E-state index in [0.717, 1.165) is 21.0 Å². The summed E-state index contributed by atoms with van der Waals surface area (Å²) in [6, 6.07) is 1.89. The minimum absolute atomic E-state index is 0.0871. The first kappa shape index (κ1) is 22.8. The number of carbonyl (C=O) groups excluding carboxylic acids is 4. The van der Waals surface area contributed by atoms with Gasteiger partial charge in [-0.1, -0.05) is 0 Å². The second-order valence-electron chi connectivity index (χ2n) is 6.29. The number of ether oxygens (including phenoxy) is 5.